The quantitative estimate of drug-likeness (QED) is 0.701. The fourth-order valence-corrected chi connectivity index (χ4v) is 2.64. The van der Waals surface area contributed by atoms with Crippen LogP contribution in [0.4, 0.5) is 5.82 Å². The molecule has 0 radical (unpaired) electrons. The molecule has 1 heterocycles. The topological polar surface area (TPSA) is 58.0 Å². The zero-order chi connectivity index (χ0) is 17.6. The number of rotatable bonds is 6. The van der Waals surface area contributed by atoms with Gasteiger partial charge in [-0.15, -0.1) is 0 Å². The van der Waals surface area contributed by atoms with Crippen LogP contribution in [0, 0.1) is 0 Å². The van der Waals surface area contributed by atoms with Crippen LogP contribution in [0.5, 0.6) is 0 Å². The van der Waals surface area contributed by atoms with Gasteiger partial charge in [-0.1, -0.05) is 68.4 Å². The summed E-state index contributed by atoms with van der Waals surface area (Å²) >= 11 is 0. The van der Waals surface area contributed by atoms with E-state index in [-0.39, 0.29) is 0 Å². The van der Waals surface area contributed by atoms with Crippen molar-refractivity contribution in [1.29, 1.82) is 0 Å². The van der Waals surface area contributed by atoms with Gasteiger partial charge in [0.15, 0.2) is 0 Å². The number of nitrogens with zero attached hydrogens (tertiary/aromatic N) is 2. The second kappa shape index (κ2) is 7.90. The van der Waals surface area contributed by atoms with Gasteiger partial charge in [-0.3, -0.25) is 0 Å². The van der Waals surface area contributed by atoms with Crippen LogP contribution in [-0.2, 0) is 0 Å². The number of hydrogen-bond acceptors (Lipinski definition) is 4. The smallest absolute Gasteiger partial charge is 0.130 e. The Kier molecular flexibility index (Phi) is 5.41. The zero-order valence-electron chi connectivity index (χ0n) is 14.6. The average Bonchev–Trinajstić information content (AvgIpc) is 2.67. The van der Waals surface area contributed by atoms with Gasteiger partial charge in [0.25, 0.3) is 0 Å². The number of hydrogen-bond donors (Lipinski definition) is 2. The highest BCUT2D eigenvalue weighted by atomic mass is 16.3. The third kappa shape index (κ3) is 4.43. The van der Waals surface area contributed by atoms with E-state index in [9.17, 15) is 5.11 Å². The molecule has 0 aliphatic rings. The first-order chi connectivity index (χ1) is 12.1. The molecule has 3 rings (SSSR count). The van der Waals surface area contributed by atoms with E-state index in [1.807, 2.05) is 36.4 Å². The van der Waals surface area contributed by atoms with Crippen molar-refractivity contribution in [3.63, 3.8) is 0 Å². The van der Waals surface area contributed by atoms with Gasteiger partial charge in [-0.2, -0.15) is 0 Å². The van der Waals surface area contributed by atoms with Crippen molar-refractivity contribution in [2.75, 3.05) is 11.9 Å². The Hall–Kier alpha value is -2.72. The molecule has 1 atom stereocenters. The Labute approximate surface area is 148 Å². The maximum atomic E-state index is 10.2. The molecule has 4 heteroatoms. The molecule has 0 bridgehead atoms. The Morgan fingerprint density at radius 3 is 2.32 bits per heavy atom. The van der Waals surface area contributed by atoms with Crippen molar-refractivity contribution in [3.05, 3.63) is 78.1 Å². The highest BCUT2D eigenvalue weighted by Gasteiger charge is 2.08. The Bertz CT molecular complexity index is 801. The van der Waals surface area contributed by atoms with Gasteiger partial charge < -0.3 is 10.4 Å². The summed E-state index contributed by atoms with van der Waals surface area (Å²) in [6.45, 7) is 4.76. The molecule has 128 valence electrons. The second-order valence-electron chi connectivity index (χ2n) is 6.37. The predicted octanol–water partition coefficient (Wildman–Crippen LogP) is 4.41. The van der Waals surface area contributed by atoms with Gasteiger partial charge in [0.1, 0.15) is 12.1 Å². The lowest BCUT2D eigenvalue weighted by Gasteiger charge is -2.13. The molecule has 0 fully saturated rings. The monoisotopic (exact) mass is 333 g/mol. The molecule has 0 saturated heterocycles. The summed E-state index contributed by atoms with van der Waals surface area (Å²) in [5, 5.41) is 13.4. The Morgan fingerprint density at radius 1 is 0.920 bits per heavy atom. The van der Waals surface area contributed by atoms with E-state index in [0.29, 0.717) is 18.3 Å². The lowest BCUT2D eigenvalue weighted by Crippen LogP contribution is -2.13. The van der Waals surface area contributed by atoms with Crippen molar-refractivity contribution < 1.29 is 5.11 Å². The van der Waals surface area contributed by atoms with Crippen LogP contribution >= 0.6 is 0 Å². The van der Waals surface area contributed by atoms with Gasteiger partial charge >= 0.3 is 0 Å². The van der Waals surface area contributed by atoms with E-state index >= 15 is 0 Å². The van der Waals surface area contributed by atoms with Gasteiger partial charge in [0.2, 0.25) is 0 Å². The van der Waals surface area contributed by atoms with Gasteiger partial charge in [-0.25, -0.2) is 9.97 Å². The largest absolute Gasteiger partial charge is 0.387 e. The van der Waals surface area contributed by atoms with E-state index in [0.717, 1.165) is 16.8 Å². The summed E-state index contributed by atoms with van der Waals surface area (Å²) in [7, 11) is 0. The molecular formula is C21H23N3O. The van der Waals surface area contributed by atoms with E-state index < -0.39 is 6.10 Å². The third-order valence-corrected chi connectivity index (χ3v) is 4.20. The van der Waals surface area contributed by atoms with E-state index in [1.165, 1.54) is 5.56 Å². The van der Waals surface area contributed by atoms with Crippen molar-refractivity contribution >= 4 is 5.82 Å². The molecule has 0 aliphatic carbocycles. The molecular weight excluding hydrogens is 310 g/mol. The van der Waals surface area contributed by atoms with Crippen LogP contribution < -0.4 is 5.32 Å². The van der Waals surface area contributed by atoms with Crippen LogP contribution in [0.2, 0.25) is 0 Å². The minimum atomic E-state index is -0.579. The predicted molar refractivity (Wildman–Crippen MR) is 101 cm³/mol. The molecule has 0 amide bonds. The minimum absolute atomic E-state index is 0.396. The average molecular weight is 333 g/mol. The summed E-state index contributed by atoms with van der Waals surface area (Å²) < 4.78 is 0. The molecule has 0 saturated carbocycles. The van der Waals surface area contributed by atoms with E-state index in [2.05, 4.69) is 53.4 Å². The first-order valence-electron chi connectivity index (χ1n) is 8.53. The van der Waals surface area contributed by atoms with Crippen LogP contribution in [0.15, 0.2) is 67.0 Å². The SMILES string of the molecule is CC(C)c1ccc(-c2cc(NCC(O)c3ccccc3)ncn2)cc1. The zero-order valence-corrected chi connectivity index (χ0v) is 14.6. The van der Waals surface area contributed by atoms with Crippen LogP contribution in [0.25, 0.3) is 11.3 Å². The summed E-state index contributed by atoms with van der Waals surface area (Å²) in [6.07, 6.45) is 0.966. The van der Waals surface area contributed by atoms with Crippen LogP contribution in [0.1, 0.15) is 37.0 Å². The first-order valence-corrected chi connectivity index (χ1v) is 8.53. The minimum Gasteiger partial charge on any atom is -0.387 e. The molecule has 0 aliphatic heterocycles. The molecule has 0 spiro atoms. The van der Waals surface area contributed by atoms with Gasteiger partial charge in [-0.05, 0) is 17.0 Å². The number of aliphatic hydroxyl groups excluding tert-OH is 1. The fourth-order valence-electron chi connectivity index (χ4n) is 2.64. The summed E-state index contributed by atoms with van der Waals surface area (Å²) in [5.74, 6) is 1.21. The number of aliphatic hydroxyl groups is 1. The maximum absolute atomic E-state index is 10.2. The van der Waals surface area contributed by atoms with Crippen molar-refractivity contribution in [2.24, 2.45) is 0 Å². The summed E-state index contributed by atoms with van der Waals surface area (Å²) in [5.41, 5.74) is 4.11. The van der Waals surface area contributed by atoms with Crippen molar-refractivity contribution in [1.82, 2.24) is 9.97 Å². The number of anilines is 1. The summed E-state index contributed by atoms with van der Waals surface area (Å²) in [4.78, 5) is 8.60. The van der Waals surface area contributed by atoms with Crippen LogP contribution in [-0.4, -0.2) is 21.6 Å². The Morgan fingerprint density at radius 2 is 1.64 bits per heavy atom. The highest BCUT2D eigenvalue weighted by molar-refractivity contribution is 5.62. The third-order valence-electron chi connectivity index (χ3n) is 4.20. The molecule has 25 heavy (non-hydrogen) atoms. The lowest BCUT2D eigenvalue weighted by atomic mass is 10.0. The molecule has 1 unspecified atom stereocenters. The second-order valence-corrected chi connectivity index (χ2v) is 6.37. The van der Waals surface area contributed by atoms with Crippen LogP contribution in [0.3, 0.4) is 0 Å². The van der Waals surface area contributed by atoms with Crippen molar-refractivity contribution in [3.8, 4) is 11.3 Å². The maximum Gasteiger partial charge on any atom is 0.130 e. The van der Waals surface area contributed by atoms with E-state index in [1.54, 1.807) is 6.33 Å². The lowest BCUT2D eigenvalue weighted by molar-refractivity contribution is 0.191. The standard InChI is InChI=1S/C21H23N3O/c1-15(2)16-8-10-17(11-9-16)19-12-21(24-14-23-19)22-13-20(25)18-6-4-3-5-7-18/h3-12,14-15,20,25H,13H2,1-2H3,(H,22,23,24). The molecule has 1 aromatic heterocycles. The molecule has 2 aromatic carbocycles. The highest BCUT2D eigenvalue weighted by Crippen LogP contribution is 2.22. The van der Waals surface area contributed by atoms with Gasteiger partial charge in [0, 0.05) is 18.2 Å². The molecule has 2 N–H and O–H groups in total. The normalized spacial score (nSPS) is 12.2. The Balaban J connectivity index is 1.69. The fraction of sp³-hybridized carbons (Fsp3) is 0.238. The molecule has 4 nitrogen and oxygen atoms in total. The van der Waals surface area contributed by atoms with E-state index in [4.69, 9.17) is 0 Å². The number of aromatic nitrogens is 2. The number of benzene rings is 2. The molecule has 3 aromatic rings. The number of nitrogens with one attached hydrogen (secondary N) is 1. The first kappa shape index (κ1) is 17.1. The van der Waals surface area contributed by atoms with Crippen molar-refractivity contribution in [2.45, 2.75) is 25.9 Å². The van der Waals surface area contributed by atoms with Gasteiger partial charge in [0.05, 0.1) is 11.8 Å². The summed E-state index contributed by atoms with van der Waals surface area (Å²) in [6, 6.07) is 19.9.